The first-order chi connectivity index (χ1) is 16.1. The topological polar surface area (TPSA) is 0 Å². The summed E-state index contributed by atoms with van der Waals surface area (Å²) >= 11 is -0.902. The van der Waals surface area contributed by atoms with E-state index in [1.54, 1.807) is 58.5 Å². The van der Waals surface area contributed by atoms with Crippen LogP contribution in [0.15, 0.2) is 60.7 Å². The Hall–Kier alpha value is -0.183. The van der Waals surface area contributed by atoms with Gasteiger partial charge in [-0.05, 0) is 0 Å². The summed E-state index contributed by atoms with van der Waals surface area (Å²) in [5, 5.41) is 0. The molecule has 35 heavy (non-hydrogen) atoms. The van der Waals surface area contributed by atoms with Gasteiger partial charge in [-0.15, -0.1) is 0 Å². The first kappa shape index (κ1) is 27.8. The maximum absolute atomic E-state index is 2.86. The Bertz CT molecular complexity index is 1030. The van der Waals surface area contributed by atoms with Crippen LogP contribution in [0.5, 0.6) is 0 Å². The van der Waals surface area contributed by atoms with Crippen LogP contribution < -0.4 is 24.8 Å². The molecule has 0 nitrogen and oxygen atoms in total. The van der Waals surface area contributed by atoms with Gasteiger partial charge in [0.2, 0.25) is 0 Å². The van der Waals surface area contributed by atoms with Crippen LogP contribution in [-0.4, -0.2) is 16.1 Å². The molecule has 2 aliphatic heterocycles. The van der Waals surface area contributed by atoms with E-state index in [0.29, 0.717) is 5.49 Å². The quantitative estimate of drug-likeness (QED) is 0.400. The number of allylic oxidation sites excluding steroid dienone is 2. The predicted octanol–water partition coefficient (Wildman–Crippen LogP) is 2.52. The standard InChI is InChI=1S/2C15H19Si.2ClH.Zr/c2*1-2-10-16(11-5-12-16)15-9-8-13-6-3-4-7-14(13)15;;;/h2*3-4,6-9H,2,5,10-12H2,1H3;2*1H;/q;;;;+2/p-2. The van der Waals surface area contributed by atoms with Crippen molar-refractivity contribution in [3.63, 3.8) is 0 Å². The number of rotatable bonds is 8. The fourth-order valence-electron chi connectivity index (χ4n) is 8.18. The first-order valence-electron chi connectivity index (χ1n) is 13.5. The molecule has 0 spiro atoms. The van der Waals surface area contributed by atoms with Gasteiger partial charge in [0, 0.05) is 0 Å². The summed E-state index contributed by atoms with van der Waals surface area (Å²) in [5.74, 6) is 0. The van der Waals surface area contributed by atoms with Crippen LogP contribution in [0.4, 0.5) is 0 Å². The molecule has 2 fully saturated rings. The van der Waals surface area contributed by atoms with Gasteiger partial charge in [-0.2, -0.15) is 0 Å². The molecule has 184 valence electrons. The second kappa shape index (κ2) is 10.5. The Kier molecular flexibility index (Phi) is 8.37. The van der Waals surface area contributed by atoms with Crippen LogP contribution in [0.25, 0.3) is 12.2 Å². The van der Waals surface area contributed by atoms with Crippen molar-refractivity contribution in [3.8, 4) is 0 Å². The van der Waals surface area contributed by atoms with Crippen molar-refractivity contribution in [2.75, 3.05) is 0 Å². The molecule has 2 saturated heterocycles. The molecule has 0 amide bonds. The van der Waals surface area contributed by atoms with E-state index in [1.807, 2.05) is 0 Å². The number of hydrogen-bond acceptors (Lipinski definition) is 0. The largest absolute Gasteiger partial charge is 1.00 e. The average Bonchev–Trinajstić information content (AvgIpc) is 3.34. The molecule has 0 N–H and O–H groups in total. The smallest absolute Gasteiger partial charge is 1.00 e. The van der Waals surface area contributed by atoms with E-state index in [0.717, 1.165) is 0 Å². The third kappa shape index (κ3) is 3.89. The summed E-state index contributed by atoms with van der Waals surface area (Å²) in [6, 6.07) is 28.7. The van der Waals surface area contributed by atoms with E-state index in [1.165, 1.54) is 25.7 Å². The van der Waals surface area contributed by atoms with Crippen molar-refractivity contribution in [1.82, 2.24) is 0 Å². The van der Waals surface area contributed by atoms with Crippen molar-refractivity contribution in [2.24, 2.45) is 0 Å². The summed E-state index contributed by atoms with van der Waals surface area (Å²) < 4.78 is 0.985. The Balaban J connectivity index is 0.00000144. The fraction of sp³-hybridized carbons (Fsp3) is 0.467. The van der Waals surface area contributed by atoms with Crippen molar-refractivity contribution < 1.29 is 48.0 Å². The van der Waals surface area contributed by atoms with Gasteiger partial charge < -0.3 is 24.8 Å². The number of halogens is 2. The zero-order valence-corrected chi connectivity index (χ0v) is 27.2. The van der Waals surface area contributed by atoms with Crippen LogP contribution in [0.2, 0.25) is 36.3 Å². The zero-order chi connectivity index (χ0) is 22.6. The van der Waals surface area contributed by atoms with Crippen molar-refractivity contribution in [3.05, 3.63) is 82.9 Å². The summed E-state index contributed by atoms with van der Waals surface area (Å²) in [7, 11) is -2.72. The monoisotopic (exact) mass is 614 g/mol. The third-order valence-electron chi connectivity index (χ3n) is 9.94. The van der Waals surface area contributed by atoms with E-state index in [9.17, 15) is 0 Å². The van der Waals surface area contributed by atoms with E-state index in [4.69, 9.17) is 0 Å². The molecule has 2 atom stereocenters. The van der Waals surface area contributed by atoms with E-state index < -0.39 is 39.4 Å². The molecular weight excluding hydrogens is 579 g/mol. The SMILES string of the molecule is CCC[Si]1([C]2([Zr+2][C]3([Si]4(CCC)CCC4)C=Cc4ccccc43)C=Cc3ccccc32)CCC1.[Cl-].[Cl-]. The molecule has 2 aromatic rings. The number of fused-ring (bicyclic) bond motifs is 2. The summed E-state index contributed by atoms with van der Waals surface area (Å²) in [6.07, 6.45) is 16.6. The summed E-state index contributed by atoms with van der Waals surface area (Å²) in [5.41, 5.74) is 6.71. The van der Waals surface area contributed by atoms with Gasteiger partial charge in [-0.3, -0.25) is 0 Å². The Labute approximate surface area is 238 Å². The maximum atomic E-state index is 2.86. The van der Waals surface area contributed by atoms with E-state index in [-0.39, 0.29) is 24.8 Å². The van der Waals surface area contributed by atoms with Crippen LogP contribution in [0, 0.1) is 0 Å². The second-order valence-electron chi connectivity index (χ2n) is 11.3. The van der Waals surface area contributed by atoms with E-state index in [2.05, 4.69) is 86.7 Å². The van der Waals surface area contributed by atoms with E-state index >= 15 is 0 Å². The molecule has 4 aliphatic rings. The van der Waals surface area contributed by atoms with Crippen LogP contribution in [0.1, 0.15) is 61.8 Å². The van der Waals surface area contributed by atoms with Crippen molar-refractivity contribution in [2.45, 2.75) is 81.3 Å². The number of benzene rings is 2. The first-order valence-corrected chi connectivity index (χ1v) is 21.2. The van der Waals surface area contributed by atoms with Crippen molar-refractivity contribution >= 4 is 28.3 Å². The second-order valence-corrected chi connectivity index (χ2v) is 28.0. The molecule has 5 heteroatoms. The molecule has 2 aromatic carbocycles. The molecule has 0 saturated carbocycles. The molecule has 2 unspecified atom stereocenters. The molecule has 0 radical (unpaired) electrons. The number of hydrogen-bond donors (Lipinski definition) is 0. The minimum Gasteiger partial charge on any atom is -1.00 e. The Morgan fingerprint density at radius 3 is 1.40 bits per heavy atom. The van der Waals surface area contributed by atoms with Gasteiger partial charge in [-0.1, -0.05) is 0 Å². The normalized spacial score (nSPS) is 27.9. The predicted molar refractivity (Wildman–Crippen MR) is 144 cm³/mol. The summed E-state index contributed by atoms with van der Waals surface area (Å²) in [6.45, 7) is 4.94. The minimum atomic E-state index is -1.36. The van der Waals surface area contributed by atoms with Crippen LogP contribution in [-0.2, 0) is 28.7 Å². The van der Waals surface area contributed by atoms with Crippen molar-refractivity contribution in [1.29, 1.82) is 0 Å². The molecule has 6 rings (SSSR count). The Morgan fingerprint density at radius 2 is 1.06 bits per heavy atom. The van der Waals surface area contributed by atoms with Gasteiger partial charge in [0.05, 0.1) is 0 Å². The van der Waals surface area contributed by atoms with Gasteiger partial charge in [0.1, 0.15) is 0 Å². The van der Waals surface area contributed by atoms with Gasteiger partial charge in [0.15, 0.2) is 0 Å². The maximum Gasteiger partial charge on any atom is -1.00 e. The van der Waals surface area contributed by atoms with Gasteiger partial charge >= 0.3 is 216 Å². The molecule has 0 bridgehead atoms. The zero-order valence-electron chi connectivity index (χ0n) is 21.3. The minimum absolute atomic E-state index is 0. The third-order valence-corrected chi connectivity index (χ3v) is 35.7. The van der Waals surface area contributed by atoms with Crippen LogP contribution >= 0.6 is 0 Å². The molecular formula is C30H38Cl2Si2Zr. The Morgan fingerprint density at radius 1 is 0.657 bits per heavy atom. The van der Waals surface area contributed by atoms with Gasteiger partial charge in [-0.25, -0.2) is 0 Å². The van der Waals surface area contributed by atoms with Crippen LogP contribution in [0.3, 0.4) is 0 Å². The molecule has 0 aromatic heterocycles. The van der Waals surface area contributed by atoms with Gasteiger partial charge in [0.25, 0.3) is 0 Å². The molecule has 2 heterocycles. The summed E-state index contributed by atoms with van der Waals surface area (Å²) in [4.78, 5) is 0. The average molecular weight is 617 g/mol. The fourth-order valence-corrected chi connectivity index (χ4v) is 35.5. The molecule has 2 aliphatic carbocycles.